The van der Waals surface area contributed by atoms with Crippen LogP contribution in [0.2, 0.25) is 0 Å². The number of likely N-dealkylation sites (tertiary alicyclic amines) is 1. The highest BCUT2D eigenvalue weighted by molar-refractivity contribution is 7.91. The van der Waals surface area contributed by atoms with Crippen molar-refractivity contribution in [3.63, 3.8) is 0 Å². The van der Waals surface area contributed by atoms with E-state index in [1.165, 1.54) is 11.2 Å². The quantitative estimate of drug-likeness (QED) is 0.283. The molecule has 1 fully saturated rings. The number of hydrogen-bond donors (Lipinski definition) is 2. The van der Waals surface area contributed by atoms with E-state index in [4.69, 9.17) is 28.5 Å². The fourth-order valence-electron chi connectivity index (χ4n) is 4.48. The van der Waals surface area contributed by atoms with E-state index in [1.807, 2.05) is 12.1 Å². The summed E-state index contributed by atoms with van der Waals surface area (Å²) in [5.74, 6) is 0.652. The Morgan fingerprint density at radius 1 is 0.909 bits per heavy atom. The number of carbonyl (C=O) groups excluding carboxylic acids is 3. The van der Waals surface area contributed by atoms with E-state index in [-0.39, 0.29) is 19.5 Å². The van der Waals surface area contributed by atoms with E-state index in [1.54, 1.807) is 85.1 Å². The van der Waals surface area contributed by atoms with Gasteiger partial charge in [-0.05, 0) is 83.4 Å². The standard InChI is InChI=1S/C31H43N3O9S/c1-30(2,3)42-28(36)34-19-25(40-29(37)43-31(4,5)6)26(24(34)17-20-9-13-22(39-7)14-10-20)41-27(35)33-18-21-11-15-23(16-12-21)44(8,32)38/h9-16,24-26,32H,17-19H2,1-8H3,(H,33,35)/t24-,25+,26+,44?/m1/s1. The predicted octanol–water partition coefficient (Wildman–Crippen LogP) is 5.51. The van der Waals surface area contributed by atoms with Gasteiger partial charge in [0.1, 0.15) is 17.0 Å². The van der Waals surface area contributed by atoms with Crippen LogP contribution >= 0.6 is 0 Å². The van der Waals surface area contributed by atoms with E-state index in [2.05, 4.69) is 5.32 Å². The largest absolute Gasteiger partial charge is 0.509 e. The van der Waals surface area contributed by atoms with Crippen molar-refractivity contribution >= 4 is 28.1 Å². The molecule has 2 aromatic rings. The van der Waals surface area contributed by atoms with Crippen molar-refractivity contribution in [2.45, 2.75) is 88.9 Å². The molecule has 0 spiro atoms. The lowest BCUT2D eigenvalue weighted by molar-refractivity contribution is -0.0518. The smallest absolute Gasteiger partial charge is 0.497 e. The molecule has 4 atom stereocenters. The monoisotopic (exact) mass is 633 g/mol. The molecule has 0 radical (unpaired) electrons. The third kappa shape index (κ3) is 10.3. The number of nitrogens with one attached hydrogen (secondary N) is 2. The number of carbonyl (C=O) groups is 3. The van der Waals surface area contributed by atoms with Crippen molar-refractivity contribution in [2.24, 2.45) is 0 Å². The first kappa shape index (κ1) is 34.5. The molecule has 1 aliphatic rings. The summed E-state index contributed by atoms with van der Waals surface area (Å²) in [4.78, 5) is 41.0. The maximum absolute atomic E-state index is 13.4. The summed E-state index contributed by atoms with van der Waals surface area (Å²) >= 11 is 0. The molecule has 12 nitrogen and oxygen atoms in total. The highest BCUT2D eigenvalue weighted by atomic mass is 32.2. The molecule has 1 heterocycles. The minimum absolute atomic E-state index is 0.0747. The number of methoxy groups -OCH3 is 1. The van der Waals surface area contributed by atoms with E-state index < -0.39 is 57.5 Å². The summed E-state index contributed by atoms with van der Waals surface area (Å²) in [7, 11) is -1.31. The van der Waals surface area contributed by atoms with Gasteiger partial charge in [-0.15, -0.1) is 0 Å². The van der Waals surface area contributed by atoms with Gasteiger partial charge in [0, 0.05) is 17.7 Å². The molecular weight excluding hydrogens is 590 g/mol. The van der Waals surface area contributed by atoms with Gasteiger partial charge in [0.25, 0.3) is 0 Å². The van der Waals surface area contributed by atoms with Crippen LogP contribution in [0.5, 0.6) is 5.75 Å². The minimum Gasteiger partial charge on any atom is -0.497 e. The lowest BCUT2D eigenvalue weighted by Gasteiger charge is -2.30. The second-order valence-electron chi connectivity index (χ2n) is 12.6. The molecule has 242 valence electrons. The van der Waals surface area contributed by atoms with Gasteiger partial charge in [-0.25, -0.2) is 23.4 Å². The molecule has 0 aromatic heterocycles. The third-order valence-corrected chi connectivity index (χ3v) is 7.62. The summed E-state index contributed by atoms with van der Waals surface area (Å²) in [6.07, 6.45) is -2.97. The van der Waals surface area contributed by atoms with Gasteiger partial charge in [-0.3, -0.25) is 4.90 Å². The zero-order chi connectivity index (χ0) is 32.9. The Kier molecular flexibility index (Phi) is 10.8. The Morgan fingerprint density at radius 3 is 2.00 bits per heavy atom. The number of hydrogen-bond acceptors (Lipinski definition) is 10. The molecule has 2 N–H and O–H groups in total. The number of ether oxygens (including phenoxy) is 5. The molecule has 1 aliphatic heterocycles. The van der Waals surface area contributed by atoms with Gasteiger partial charge in [-0.1, -0.05) is 24.3 Å². The number of benzene rings is 2. The predicted molar refractivity (Wildman–Crippen MR) is 163 cm³/mol. The Hall–Kier alpha value is -4.00. The first-order chi connectivity index (χ1) is 20.3. The Balaban J connectivity index is 1.88. The highest BCUT2D eigenvalue weighted by Gasteiger charge is 2.50. The van der Waals surface area contributed by atoms with Crippen LogP contribution in [0.3, 0.4) is 0 Å². The fraction of sp³-hybridized carbons (Fsp3) is 0.516. The molecule has 0 saturated carbocycles. The number of alkyl carbamates (subject to hydrolysis) is 1. The molecule has 1 unspecified atom stereocenters. The van der Waals surface area contributed by atoms with Gasteiger partial charge < -0.3 is 29.0 Å². The van der Waals surface area contributed by atoms with Gasteiger partial charge >= 0.3 is 18.3 Å². The number of nitrogens with zero attached hydrogens (tertiary/aromatic N) is 1. The Labute approximate surface area is 259 Å². The van der Waals surface area contributed by atoms with Gasteiger partial charge in [0.2, 0.25) is 0 Å². The number of rotatable bonds is 8. The van der Waals surface area contributed by atoms with E-state index >= 15 is 0 Å². The summed E-state index contributed by atoms with van der Waals surface area (Å²) < 4.78 is 47.5. The van der Waals surface area contributed by atoms with Gasteiger partial charge in [-0.2, -0.15) is 0 Å². The van der Waals surface area contributed by atoms with E-state index in [9.17, 15) is 18.6 Å². The van der Waals surface area contributed by atoms with Crippen LogP contribution in [0.1, 0.15) is 52.7 Å². The minimum atomic E-state index is -2.87. The molecule has 2 aromatic carbocycles. The van der Waals surface area contributed by atoms with Crippen LogP contribution in [0, 0.1) is 4.78 Å². The molecule has 3 rings (SSSR count). The summed E-state index contributed by atoms with van der Waals surface area (Å²) in [5.41, 5.74) is -0.136. The first-order valence-corrected chi connectivity index (χ1v) is 16.1. The second-order valence-corrected chi connectivity index (χ2v) is 14.7. The highest BCUT2D eigenvalue weighted by Crippen LogP contribution is 2.30. The SMILES string of the molecule is COc1ccc(C[C@@H]2[C@H](OC(=O)NCc3ccc(S(C)(=N)=O)cc3)[C@@H](OC(=O)OC(C)(C)C)CN2C(=O)OC(C)(C)C)cc1. The lowest BCUT2D eigenvalue weighted by atomic mass is 10.0. The normalized spacial score (nSPS) is 19.8. The summed E-state index contributed by atoms with van der Waals surface area (Å²) in [6, 6.07) is 12.9. The molecule has 13 heteroatoms. The second kappa shape index (κ2) is 13.7. The van der Waals surface area contributed by atoms with Crippen LogP contribution in [0.4, 0.5) is 14.4 Å². The van der Waals surface area contributed by atoms with Crippen LogP contribution in [-0.2, 0) is 41.6 Å². The maximum atomic E-state index is 13.4. The van der Waals surface area contributed by atoms with Gasteiger partial charge in [0.05, 0.1) is 29.4 Å². The average molecular weight is 634 g/mol. The third-order valence-electron chi connectivity index (χ3n) is 6.44. The van der Waals surface area contributed by atoms with Crippen molar-refractivity contribution in [1.82, 2.24) is 10.2 Å². The number of amides is 2. The van der Waals surface area contributed by atoms with Crippen LogP contribution in [0.25, 0.3) is 0 Å². The summed E-state index contributed by atoms with van der Waals surface area (Å²) in [5, 5.41) is 2.68. The van der Waals surface area contributed by atoms with Crippen LogP contribution < -0.4 is 10.1 Å². The van der Waals surface area contributed by atoms with Crippen molar-refractivity contribution in [2.75, 3.05) is 19.9 Å². The molecule has 0 aliphatic carbocycles. The lowest BCUT2D eigenvalue weighted by Crippen LogP contribution is -2.46. The molecule has 2 amide bonds. The maximum Gasteiger partial charge on any atom is 0.509 e. The Bertz CT molecular complexity index is 1410. The molecule has 44 heavy (non-hydrogen) atoms. The Morgan fingerprint density at radius 2 is 1.48 bits per heavy atom. The van der Waals surface area contributed by atoms with Crippen molar-refractivity contribution < 1.29 is 42.3 Å². The summed E-state index contributed by atoms with van der Waals surface area (Å²) in [6.45, 7) is 10.3. The topological polar surface area (TPSA) is 154 Å². The zero-order valence-electron chi connectivity index (χ0n) is 26.5. The van der Waals surface area contributed by atoms with Crippen molar-refractivity contribution in [3.8, 4) is 5.75 Å². The zero-order valence-corrected chi connectivity index (χ0v) is 27.3. The molecular formula is C31H43N3O9S. The van der Waals surface area contributed by atoms with Crippen molar-refractivity contribution in [3.05, 3.63) is 59.7 Å². The van der Waals surface area contributed by atoms with Crippen LogP contribution in [-0.4, -0.2) is 76.8 Å². The molecule has 0 bridgehead atoms. The van der Waals surface area contributed by atoms with E-state index in [0.717, 1.165) is 5.56 Å². The van der Waals surface area contributed by atoms with Crippen molar-refractivity contribution in [1.29, 1.82) is 4.78 Å². The fourth-order valence-corrected chi connectivity index (χ4v) is 5.14. The van der Waals surface area contributed by atoms with E-state index in [0.29, 0.717) is 16.2 Å². The van der Waals surface area contributed by atoms with Gasteiger partial charge in [0.15, 0.2) is 12.2 Å². The van der Waals surface area contributed by atoms with Crippen LogP contribution in [0.15, 0.2) is 53.4 Å². The molecule has 1 saturated heterocycles. The first-order valence-electron chi connectivity index (χ1n) is 14.1. The average Bonchev–Trinajstić information content (AvgIpc) is 3.21.